The summed E-state index contributed by atoms with van der Waals surface area (Å²) in [6.45, 7) is 9.47. The molecular weight excluding hydrogens is 346 g/mol. The number of carbonyl (C=O) groups is 1. The molecule has 0 saturated carbocycles. The van der Waals surface area contributed by atoms with Gasteiger partial charge in [0, 0.05) is 16.8 Å². The van der Waals surface area contributed by atoms with E-state index in [1.807, 2.05) is 47.4 Å². The van der Waals surface area contributed by atoms with Crippen LogP contribution in [-0.4, -0.2) is 14.0 Å². The van der Waals surface area contributed by atoms with Crippen molar-refractivity contribution in [2.24, 2.45) is 0 Å². The Kier molecular flexibility index (Phi) is 6.00. The van der Waals surface area contributed by atoms with Gasteiger partial charge in [0.15, 0.2) is 0 Å². The number of benzene rings is 2. The van der Waals surface area contributed by atoms with Crippen molar-refractivity contribution in [1.82, 2.24) is 0 Å². The molecule has 0 aliphatic carbocycles. The van der Waals surface area contributed by atoms with Gasteiger partial charge in [-0.2, -0.15) is 0 Å². The lowest BCUT2D eigenvalue weighted by Crippen LogP contribution is -2.31. The number of carbonyl (C=O) groups excluding carboxylic acids is 1. The van der Waals surface area contributed by atoms with E-state index in [1.165, 1.54) is 30.9 Å². The molecule has 0 unspecified atom stereocenters. The number of amides is 1. The van der Waals surface area contributed by atoms with Gasteiger partial charge in [-0.15, -0.1) is 0 Å². The number of nitrogens with zero attached hydrogens (tertiary/aromatic N) is 1. The highest BCUT2D eigenvalue weighted by Gasteiger charge is 2.37. The number of fused-ring (bicyclic) bond motifs is 1. The summed E-state index contributed by atoms with van der Waals surface area (Å²) in [5.41, 5.74) is 4.08. The van der Waals surface area contributed by atoms with Crippen molar-refractivity contribution in [2.45, 2.75) is 58.7 Å². The zero-order chi connectivity index (χ0) is 19.4. The van der Waals surface area contributed by atoms with Gasteiger partial charge in [-0.05, 0) is 31.0 Å². The van der Waals surface area contributed by atoms with Crippen molar-refractivity contribution < 1.29 is 4.79 Å². The van der Waals surface area contributed by atoms with E-state index in [1.54, 1.807) is 0 Å². The summed E-state index contributed by atoms with van der Waals surface area (Å²) >= 11 is 0. The first-order valence-corrected chi connectivity index (χ1v) is 13.7. The first-order valence-electron chi connectivity index (χ1n) is 10.2. The largest absolute Gasteiger partial charge is 0.277 e. The van der Waals surface area contributed by atoms with Crippen LogP contribution in [0.3, 0.4) is 0 Å². The zero-order valence-electron chi connectivity index (χ0n) is 17.1. The molecule has 1 aliphatic heterocycles. The molecule has 0 N–H and O–H groups in total. The van der Waals surface area contributed by atoms with E-state index in [0.29, 0.717) is 0 Å². The number of anilines is 1. The summed E-state index contributed by atoms with van der Waals surface area (Å²) in [6.07, 6.45) is 6.09. The van der Waals surface area contributed by atoms with Crippen LogP contribution < -0.4 is 4.90 Å². The second-order valence-corrected chi connectivity index (χ2v) is 13.5. The predicted molar refractivity (Wildman–Crippen MR) is 119 cm³/mol. The highest BCUT2D eigenvalue weighted by molar-refractivity contribution is 6.84. The Morgan fingerprint density at radius 1 is 0.852 bits per heavy atom. The molecule has 2 aromatic carbocycles. The molecule has 0 atom stereocenters. The number of allylic oxidation sites excluding steroid dienone is 1. The highest BCUT2D eigenvalue weighted by Crippen LogP contribution is 2.42. The van der Waals surface area contributed by atoms with E-state index in [4.69, 9.17) is 0 Å². The second-order valence-electron chi connectivity index (χ2n) is 8.41. The number of hydrogen-bond donors (Lipinski definition) is 0. The lowest BCUT2D eigenvalue weighted by molar-refractivity contribution is 0.101. The summed E-state index contributed by atoms with van der Waals surface area (Å²) in [7, 11) is -1.60. The van der Waals surface area contributed by atoms with Crippen LogP contribution in [0.2, 0.25) is 19.6 Å². The Labute approximate surface area is 164 Å². The van der Waals surface area contributed by atoms with Gasteiger partial charge in [-0.1, -0.05) is 87.4 Å². The van der Waals surface area contributed by atoms with Crippen LogP contribution in [0.4, 0.5) is 5.69 Å². The molecule has 27 heavy (non-hydrogen) atoms. The minimum atomic E-state index is -1.60. The Hall–Kier alpha value is -2.13. The SMILES string of the molecule is CCCCCC/C(=C1/c2ccccc2C(=O)N1c1ccccc1)[Si](C)(C)C. The van der Waals surface area contributed by atoms with Crippen molar-refractivity contribution in [1.29, 1.82) is 0 Å². The summed E-state index contributed by atoms with van der Waals surface area (Å²) < 4.78 is 0. The molecule has 0 bridgehead atoms. The van der Waals surface area contributed by atoms with Gasteiger partial charge < -0.3 is 0 Å². The lowest BCUT2D eigenvalue weighted by Gasteiger charge is -2.29. The molecule has 0 aromatic heterocycles. The van der Waals surface area contributed by atoms with E-state index in [2.05, 4.69) is 38.7 Å². The first-order chi connectivity index (χ1) is 12.9. The maximum absolute atomic E-state index is 13.3. The van der Waals surface area contributed by atoms with E-state index in [-0.39, 0.29) is 5.91 Å². The van der Waals surface area contributed by atoms with E-state index < -0.39 is 8.07 Å². The number of unbranched alkanes of at least 4 members (excludes halogenated alkanes) is 3. The van der Waals surface area contributed by atoms with Gasteiger partial charge in [0.1, 0.15) is 0 Å². The van der Waals surface area contributed by atoms with Crippen molar-refractivity contribution in [2.75, 3.05) is 4.90 Å². The zero-order valence-corrected chi connectivity index (χ0v) is 18.1. The van der Waals surface area contributed by atoms with Crippen LogP contribution in [0.25, 0.3) is 5.70 Å². The molecule has 2 nitrogen and oxygen atoms in total. The lowest BCUT2D eigenvalue weighted by atomic mass is 10.1. The number of para-hydroxylation sites is 1. The van der Waals surface area contributed by atoms with Crippen LogP contribution >= 0.6 is 0 Å². The molecule has 1 amide bonds. The van der Waals surface area contributed by atoms with E-state index in [0.717, 1.165) is 28.9 Å². The van der Waals surface area contributed by atoms with Gasteiger partial charge >= 0.3 is 0 Å². The summed E-state index contributed by atoms with van der Waals surface area (Å²) in [6, 6.07) is 18.2. The minimum absolute atomic E-state index is 0.108. The first kappa shape index (κ1) is 19.6. The normalized spacial score (nSPS) is 15.9. The third kappa shape index (κ3) is 4.08. The maximum atomic E-state index is 13.3. The molecule has 3 rings (SSSR count). The third-order valence-electron chi connectivity index (χ3n) is 5.33. The van der Waals surface area contributed by atoms with Crippen LogP contribution in [0.5, 0.6) is 0 Å². The van der Waals surface area contributed by atoms with Gasteiger partial charge in [0.05, 0.1) is 13.8 Å². The van der Waals surface area contributed by atoms with E-state index >= 15 is 0 Å². The van der Waals surface area contributed by atoms with Crippen molar-refractivity contribution in [3.8, 4) is 0 Å². The van der Waals surface area contributed by atoms with Crippen LogP contribution in [0, 0.1) is 0 Å². The van der Waals surface area contributed by atoms with E-state index in [9.17, 15) is 4.79 Å². The molecule has 2 aromatic rings. The van der Waals surface area contributed by atoms with Crippen LogP contribution in [0.15, 0.2) is 59.8 Å². The second kappa shape index (κ2) is 8.26. The van der Waals surface area contributed by atoms with Crippen molar-refractivity contribution in [3.05, 3.63) is 70.9 Å². The summed E-state index contributed by atoms with van der Waals surface area (Å²) in [4.78, 5) is 15.3. The quantitative estimate of drug-likeness (QED) is 0.379. The highest BCUT2D eigenvalue weighted by atomic mass is 28.3. The standard InChI is InChI=1S/C24H31NOSi/c1-5-6-7-11-18-22(27(2,3)4)23-20-16-12-13-17-21(20)24(26)25(23)19-14-9-8-10-15-19/h8-10,12-17H,5-7,11,18H2,1-4H3/b23-22+. The Morgan fingerprint density at radius 2 is 1.48 bits per heavy atom. The molecule has 0 radical (unpaired) electrons. The molecule has 0 saturated heterocycles. The fourth-order valence-electron chi connectivity index (χ4n) is 3.92. The van der Waals surface area contributed by atoms with Crippen LogP contribution in [-0.2, 0) is 0 Å². The monoisotopic (exact) mass is 377 g/mol. The molecule has 0 fully saturated rings. The van der Waals surface area contributed by atoms with Gasteiger partial charge in [0.25, 0.3) is 5.91 Å². The average molecular weight is 378 g/mol. The van der Waals surface area contributed by atoms with Crippen molar-refractivity contribution >= 4 is 25.4 Å². The maximum Gasteiger partial charge on any atom is 0.263 e. The molecule has 142 valence electrons. The fourth-order valence-corrected chi connectivity index (χ4v) is 5.80. The van der Waals surface area contributed by atoms with Gasteiger partial charge in [-0.25, -0.2) is 0 Å². The third-order valence-corrected chi connectivity index (χ3v) is 7.62. The molecule has 1 heterocycles. The summed E-state index contributed by atoms with van der Waals surface area (Å²) in [5, 5.41) is 1.51. The number of hydrogen-bond acceptors (Lipinski definition) is 1. The molecule has 0 spiro atoms. The Bertz CT molecular complexity index is 833. The minimum Gasteiger partial charge on any atom is -0.277 e. The van der Waals surface area contributed by atoms with Crippen molar-refractivity contribution in [3.63, 3.8) is 0 Å². The average Bonchev–Trinajstić information content (AvgIpc) is 2.94. The Balaban J connectivity index is 2.15. The Morgan fingerprint density at radius 3 is 2.11 bits per heavy atom. The molecule has 1 aliphatic rings. The molecular formula is C24H31NOSi. The summed E-state index contributed by atoms with van der Waals surface area (Å²) in [5.74, 6) is 0.108. The smallest absolute Gasteiger partial charge is 0.263 e. The van der Waals surface area contributed by atoms with Crippen LogP contribution in [0.1, 0.15) is 54.9 Å². The van der Waals surface area contributed by atoms with Gasteiger partial charge in [-0.3, -0.25) is 9.69 Å². The fraction of sp³-hybridized carbons (Fsp3) is 0.375. The molecule has 3 heteroatoms. The number of rotatable bonds is 7. The van der Waals surface area contributed by atoms with Gasteiger partial charge in [0.2, 0.25) is 0 Å². The topological polar surface area (TPSA) is 20.3 Å². The predicted octanol–water partition coefficient (Wildman–Crippen LogP) is 6.91.